The van der Waals surface area contributed by atoms with Crippen LogP contribution in [0.4, 0.5) is 0 Å². The number of carbonyl (C=O) groups excluding carboxylic acids is 2. The number of rotatable bonds is 5. The highest BCUT2D eigenvalue weighted by Crippen LogP contribution is 2.20. The average molecular weight is 419 g/mol. The molecule has 3 aromatic rings. The zero-order valence-corrected chi connectivity index (χ0v) is 17.5. The molecule has 7 heteroatoms. The second kappa shape index (κ2) is 9.12. The topological polar surface area (TPSA) is 81.5 Å². The van der Waals surface area contributed by atoms with Crippen molar-refractivity contribution >= 4 is 22.6 Å². The van der Waals surface area contributed by atoms with Crippen molar-refractivity contribution < 1.29 is 14.3 Å². The van der Waals surface area contributed by atoms with Crippen LogP contribution in [-0.4, -0.2) is 45.8 Å². The molecule has 0 unspecified atom stereocenters. The average Bonchev–Trinajstić information content (AvgIpc) is 2.83. The van der Waals surface area contributed by atoms with Crippen molar-refractivity contribution in [3.05, 3.63) is 70.6 Å². The fraction of sp³-hybridized carbons (Fsp3) is 0.333. The summed E-state index contributed by atoms with van der Waals surface area (Å²) in [5.41, 5.74) is 0.230. The molecule has 1 aliphatic heterocycles. The lowest BCUT2D eigenvalue weighted by molar-refractivity contribution is -0.138. The van der Waals surface area contributed by atoms with Gasteiger partial charge in [0.25, 0.3) is 11.5 Å². The van der Waals surface area contributed by atoms with Crippen LogP contribution in [-0.2, 0) is 9.53 Å². The van der Waals surface area contributed by atoms with Crippen molar-refractivity contribution in [3.8, 4) is 5.69 Å². The van der Waals surface area contributed by atoms with Gasteiger partial charge in [0.1, 0.15) is 0 Å². The third kappa shape index (κ3) is 4.21. The van der Waals surface area contributed by atoms with E-state index in [4.69, 9.17) is 4.74 Å². The summed E-state index contributed by atoms with van der Waals surface area (Å²) in [6, 6.07) is 15.9. The number of para-hydroxylation sites is 1. The first-order chi connectivity index (χ1) is 15.1. The van der Waals surface area contributed by atoms with Gasteiger partial charge in [-0.25, -0.2) is 4.79 Å². The van der Waals surface area contributed by atoms with Crippen molar-refractivity contribution in [2.75, 3.05) is 13.2 Å². The highest BCUT2D eigenvalue weighted by atomic mass is 16.5. The number of hydrogen-bond acceptors (Lipinski definition) is 5. The smallest absolute Gasteiger partial charge is 0.359 e. The molecule has 2 aromatic carbocycles. The van der Waals surface area contributed by atoms with Crippen molar-refractivity contribution in [1.82, 2.24) is 14.7 Å². The molecule has 1 amide bonds. The van der Waals surface area contributed by atoms with Crippen LogP contribution in [0.25, 0.3) is 16.5 Å². The van der Waals surface area contributed by atoms with Gasteiger partial charge in [0.15, 0.2) is 12.3 Å². The lowest BCUT2D eigenvalue weighted by Crippen LogP contribution is -2.45. The Labute approximate surface area is 180 Å². The predicted molar refractivity (Wildman–Crippen MR) is 117 cm³/mol. The first kappa shape index (κ1) is 20.8. The van der Waals surface area contributed by atoms with E-state index < -0.39 is 5.97 Å². The van der Waals surface area contributed by atoms with Gasteiger partial charge in [0, 0.05) is 18.0 Å². The third-order valence-corrected chi connectivity index (χ3v) is 5.74. The quantitative estimate of drug-likeness (QED) is 0.593. The Bertz CT molecular complexity index is 1160. The molecule has 0 aliphatic carbocycles. The molecular weight excluding hydrogens is 394 g/mol. The molecule has 31 heavy (non-hydrogen) atoms. The zero-order valence-electron chi connectivity index (χ0n) is 17.5. The minimum absolute atomic E-state index is 0.0116. The maximum atomic E-state index is 12.9. The highest BCUT2D eigenvalue weighted by Gasteiger charge is 2.27. The van der Waals surface area contributed by atoms with E-state index >= 15 is 0 Å². The van der Waals surface area contributed by atoms with E-state index in [1.54, 1.807) is 48.5 Å². The molecular formula is C24H25N3O4. The molecule has 0 bridgehead atoms. The van der Waals surface area contributed by atoms with Gasteiger partial charge in [-0.15, -0.1) is 0 Å². The van der Waals surface area contributed by atoms with E-state index in [0.717, 1.165) is 25.7 Å². The first-order valence-corrected chi connectivity index (χ1v) is 10.6. The van der Waals surface area contributed by atoms with Crippen LogP contribution in [0, 0.1) is 0 Å². The number of ether oxygens (including phenoxy) is 1. The van der Waals surface area contributed by atoms with E-state index in [0.29, 0.717) is 23.0 Å². The maximum absolute atomic E-state index is 12.9. The summed E-state index contributed by atoms with van der Waals surface area (Å²) in [5.74, 6) is -0.917. The van der Waals surface area contributed by atoms with E-state index in [-0.39, 0.29) is 29.8 Å². The summed E-state index contributed by atoms with van der Waals surface area (Å²) in [6.07, 6.45) is 3.93. The predicted octanol–water partition coefficient (Wildman–Crippen LogP) is 3.33. The fourth-order valence-corrected chi connectivity index (χ4v) is 4.12. The van der Waals surface area contributed by atoms with Crippen LogP contribution >= 0.6 is 0 Å². The Morgan fingerprint density at radius 1 is 1.03 bits per heavy atom. The molecule has 0 spiro atoms. The minimum Gasteiger partial charge on any atom is -0.451 e. The second-order valence-corrected chi connectivity index (χ2v) is 7.67. The molecule has 1 aromatic heterocycles. The van der Waals surface area contributed by atoms with Crippen molar-refractivity contribution in [2.45, 2.75) is 38.6 Å². The van der Waals surface area contributed by atoms with Crippen LogP contribution in [0.2, 0.25) is 0 Å². The molecule has 7 nitrogen and oxygen atoms in total. The fourth-order valence-electron chi connectivity index (χ4n) is 4.12. The number of nitrogens with zero attached hydrogens (tertiary/aromatic N) is 3. The van der Waals surface area contributed by atoms with Crippen molar-refractivity contribution in [1.29, 1.82) is 0 Å². The monoisotopic (exact) mass is 419 g/mol. The summed E-state index contributed by atoms with van der Waals surface area (Å²) in [7, 11) is 0. The highest BCUT2D eigenvalue weighted by molar-refractivity contribution is 6.02. The number of hydrogen-bond donors (Lipinski definition) is 0. The number of likely N-dealkylation sites (tertiary alicyclic amines) is 1. The summed E-state index contributed by atoms with van der Waals surface area (Å²) in [6.45, 7) is 2.41. The van der Waals surface area contributed by atoms with Gasteiger partial charge < -0.3 is 9.64 Å². The van der Waals surface area contributed by atoms with Gasteiger partial charge in [-0.1, -0.05) is 43.3 Å². The largest absolute Gasteiger partial charge is 0.451 e. The van der Waals surface area contributed by atoms with Crippen molar-refractivity contribution in [3.63, 3.8) is 0 Å². The molecule has 1 saturated heterocycles. The molecule has 0 saturated carbocycles. The SMILES string of the molecule is CC[C@H]1CCCCN1C(=O)COC(=O)c1nn(-c2ccccc2)c(=O)c2ccccc12. The first-order valence-electron chi connectivity index (χ1n) is 10.6. The van der Waals surface area contributed by atoms with E-state index in [9.17, 15) is 14.4 Å². The summed E-state index contributed by atoms with van der Waals surface area (Å²) in [5, 5.41) is 5.06. The number of aromatic nitrogens is 2. The van der Waals surface area contributed by atoms with Gasteiger partial charge >= 0.3 is 5.97 Å². The van der Waals surface area contributed by atoms with Crippen LogP contribution in [0.15, 0.2) is 59.4 Å². The van der Waals surface area contributed by atoms with Crippen LogP contribution < -0.4 is 5.56 Å². The summed E-state index contributed by atoms with van der Waals surface area (Å²) >= 11 is 0. The molecule has 0 N–H and O–H groups in total. The minimum atomic E-state index is -0.723. The van der Waals surface area contributed by atoms with E-state index in [1.165, 1.54) is 4.68 Å². The molecule has 0 radical (unpaired) electrons. The van der Waals surface area contributed by atoms with Gasteiger partial charge in [-0.3, -0.25) is 9.59 Å². The number of amides is 1. The van der Waals surface area contributed by atoms with E-state index in [1.807, 2.05) is 11.0 Å². The Morgan fingerprint density at radius 3 is 2.48 bits per heavy atom. The zero-order chi connectivity index (χ0) is 21.8. The number of benzene rings is 2. The summed E-state index contributed by atoms with van der Waals surface area (Å²) in [4.78, 5) is 40.3. The lowest BCUT2D eigenvalue weighted by atomic mass is 10.00. The molecule has 4 rings (SSSR count). The van der Waals surface area contributed by atoms with Gasteiger partial charge in [-0.2, -0.15) is 9.78 Å². The Hall–Kier alpha value is -3.48. The normalized spacial score (nSPS) is 16.3. The Kier molecular flexibility index (Phi) is 6.11. The van der Waals surface area contributed by atoms with Gasteiger partial charge in [0.05, 0.1) is 11.1 Å². The van der Waals surface area contributed by atoms with Gasteiger partial charge in [-0.05, 0) is 43.9 Å². The number of carbonyl (C=O) groups is 2. The second-order valence-electron chi connectivity index (χ2n) is 7.67. The third-order valence-electron chi connectivity index (χ3n) is 5.74. The molecule has 1 atom stereocenters. The van der Waals surface area contributed by atoms with Crippen LogP contribution in [0.1, 0.15) is 43.1 Å². The number of piperidine rings is 1. The van der Waals surface area contributed by atoms with Gasteiger partial charge in [0.2, 0.25) is 0 Å². The molecule has 2 heterocycles. The maximum Gasteiger partial charge on any atom is 0.359 e. The Morgan fingerprint density at radius 2 is 1.74 bits per heavy atom. The molecule has 1 fully saturated rings. The molecule has 160 valence electrons. The summed E-state index contributed by atoms with van der Waals surface area (Å²) < 4.78 is 6.56. The number of fused-ring (bicyclic) bond motifs is 1. The van der Waals surface area contributed by atoms with Crippen LogP contribution in [0.3, 0.4) is 0 Å². The number of esters is 1. The Balaban J connectivity index is 1.63. The van der Waals surface area contributed by atoms with Crippen LogP contribution in [0.5, 0.6) is 0 Å². The standard InChI is InChI=1S/C24H25N3O4/c1-2-17-10-8-9-15-26(17)21(28)16-31-24(30)22-19-13-6-7-14-20(19)23(29)27(25-22)18-11-4-3-5-12-18/h3-7,11-14,17H,2,8-10,15-16H2,1H3/t17-/m0/s1. The van der Waals surface area contributed by atoms with Crippen molar-refractivity contribution in [2.24, 2.45) is 0 Å². The van der Waals surface area contributed by atoms with E-state index in [2.05, 4.69) is 12.0 Å². The molecule has 1 aliphatic rings. The lowest BCUT2D eigenvalue weighted by Gasteiger charge is -2.35.